The van der Waals surface area contributed by atoms with E-state index in [1.807, 2.05) is 13.0 Å². The molecule has 1 atom stereocenters. The summed E-state index contributed by atoms with van der Waals surface area (Å²) in [6.45, 7) is 15.0. The van der Waals surface area contributed by atoms with Gasteiger partial charge in [-0.15, -0.1) is 0 Å². The maximum Gasteiger partial charge on any atom is 0.144 e. The van der Waals surface area contributed by atoms with Gasteiger partial charge in [-0.1, -0.05) is 6.92 Å². The van der Waals surface area contributed by atoms with Gasteiger partial charge in [-0.2, -0.15) is 0 Å². The third-order valence-electron chi connectivity index (χ3n) is 4.24. The van der Waals surface area contributed by atoms with Crippen LogP contribution in [-0.2, 0) is 6.54 Å². The molecule has 1 aromatic heterocycles. The van der Waals surface area contributed by atoms with Crippen molar-refractivity contribution in [3.63, 3.8) is 0 Å². The summed E-state index contributed by atoms with van der Waals surface area (Å²) in [5.41, 5.74) is 1.04. The average Bonchev–Trinajstić information content (AvgIpc) is 2.47. The minimum atomic E-state index is 0.697. The Kier molecular flexibility index (Phi) is 5.94. The molecule has 0 aromatic carbocycles. The molecule has 2 heterocycles. The smallest absolute Gasteiger partial charge is 0.144 e. The van der Waals surface area contributed by atoms with E-state index in [2.05, 4.69) is 45.9 Å². The lowest BCUT2D eigenvalue weighted by Crippen LogP contribution is -2.49. The number of nitrogens with zero attached hydrogens (tertiary/aromatic N) is 4. The van der Waals surface area contributed by atoms with Crippen molar-refractivity contribution in [3.8, 4) is 0 Å². The molecule has 0 radical (unpaired) electrons. The van der Waals surface area contributed by atoms with Crippen molar-refractivity contribution in [2.75, 3.05) is 38.0 Å². The molecule has 21 heavy (non-hydrogen) atoms. The number of piperazine rings is 1. The summed E-state index contributed by atoms with van der Waals surface area (Å²) in [6.07, 6.45) is 1.23. The molecule has 0 spiro atoms. The van der Waals surface area contributed by atoms with E-state index in [4.69, 9.17) is 0 Å². The van der Waals surface area contributed by atoms with Crippen molar-refractivity contribution in [3.05, 3.63) is 17.6 Å². The van der Waals surface area contributed by atoms with Crippen LogP contribution in [0, 0.1) is 6.92 Å². The zero-order valence-corrected chi connectivity index (χ0v) is 13.9. The third kappa shape index (κ3) is 4.64. The number of hydrogen-bond donors (Lipinski definition) is 1. The molecule has 5 nitrogen and oxygen atoms in total. The highest BCUT2D eigenvalue weighted by Gasteiger charge is 2.20. The first-order valence-corrected chi connectivity index (χ1v) is 8.17. The summed E-state index contributed by atoms with van der Waals surface area (Å²) >= 11 is 0. The van der Waals surface area contributed by atoms with Crippen LogP contribution >= 0.6 is 0 Å². The minimum Gasteiger partial charge on any atom is -0.370 e. The first kappa shape index (κ1) is 16.2. The second-order valence-electron chi connectivity index (χ2n) is 5.91. The maximum atomic E-state index is 4.61. The van der Waals surface area contributed by atoms with Crippen molar-refractivity contribution in [1.29, 1.82) is 0 Å². The molecule has 1 aliphatic rings. The van der Waals surface area contributed by atoms with Crippen LogP contribution in [0.1, 0.15) is 38.7 Å². The Balaban J connectivity index is 1.91. The van der Waals surface area contributed by atoms with Gasteiger partial charge in [0.05, 0.1) is 6.54 Å². The van der Waals surface area contributed by atoms with E-state index in [0.717, 1.165) is 56.6 Å². The number of aryl methyl sites for hydroxylation is 1. The van der Waals surface area contributed by atoms with E-state index in [9.17, 15) is 0 Å². The zero-order chi connectivity index (χ0) is 15.2. The van der Waals surface area contributed by atoms with Gasteiger partial charge < -0.3 is 5.32 Å². The highest BCUT2D eigenvalue weighted by Crippen LogP contribution is 2.12. The van der Waals surface area contributed by atoms with Crippen molar-refractivity contribution >= 4 is 5.82 Å². The lowest BCUT2D eigenvalue weighted by Gasteiger charge is -2.37. The average molecular weight is 291 g/mol. The van der Waals surface area contributed by atoms with E-state index < -0.39 is 0 Å². The Morgan fingerprint density at radius 2 is 1.90 bits per heavy atom. The van der Waals surface area contributed by atoms with E-state index in [1.165, 1.54) is 6.42 Å². The Labute approximate surface area is 128 Å². The quantitative estimate of drug-likeness (QED) is 0.870. The molecule has 1 aromatic rings. The van der Waals surface area contributed by atoms with Crippen LogP contribution in [0.3, 0.4) is 0 Å². The Morgan fingerprint density at radius 3 is 2.52 bits per heavy atom. The first-order chi connectivity index (χ1) is 10.1. The summed E-state index contributed by atoms with van der Waals surface area (Å²) in [5, 5.41) is 3.28. The predicted molar refractivity (Wildman–Crippen MR) is 87.5 cm³/mol. The summed E-state index contributed by atoms with van der Waals surface area (Å²) in [6, 6.07) is 2.70. The normalized spacial score (nSPS) is 18.7. The van der Waals surface area contributed by atoms with Gasteiger partial charge in [0.2, 0.25) is 0 Å². The zero-order valence-electron chi connectivity index (χ0n) is 13.9. The van der Waals surface area contributed by atoms with Crippen molar-refractivity contribution < 1.29 is 0 Å². The summed E-state index contributed by atoms with van der Waals surface area (Å²) in [7, 11) is 0. The molecule has 0 bridgehead atoms. The fourth-order valence-electron chi connectivity index (χ4n) is 2.79. The molecule has 1 aliphatic heterocycles. The Morgan fingerprint density at radius 1 is 1.19 bits per heavy atom. The number of rotatable bonds is 6. The maximum absolute atomic E-state index is 4.61. The number of aromatic nitrogens is 2. The molecule has 2 rings (SSSR count). The van der Waals surface area contributed by atoms with Crippen LogP contribution in [0.25, 0.3) is 0 Å². The highest BCUT2D eigenvalue weighted by atomic mass is 15.3. The van der Waals surface area contributed by atoms with Gasteiger partial charge in [-0.3, -0.25) is 9.80 Å². The van der Waals surface area contributed by atoms with Crippen LogP contribution in [0.4, 0.5) is 5.82 Å². The van der Waals surface area contributed by atoms with E-state index in [0.29, 0.717) is 6.04 Å². The number of anilines is 1. The molecule has 1 saturated heterocycles. The van der Waals surface area contributed by atoms with Gasteiger partial charge >= 0.3 is 0 Å². The van der Waals surface area contributed by atoms with Crippen LogP contribution in [0.15, 0.2) is 6.07 Å². The van der Waals surface area contributed by atoms with Gasteiger partial charge in [0.25, 0.3) is 0 Å². The first-order valence-electron chi connectivity index (χ1n) is 8.17. The van der Waals surface area contributed by atoms with Crippen LogP contribution in [-0.4, -0.2) is 58.5 Å². The molecular formula is C16H29N5. The van der Waals surface area contributed by atoms with Crippen LogP contribution in [0.5, 0.6) is 0 Å². The third-order valence-corrected chi connectivity index (χ3v) is 4.24. The van der Waals surface area contributed by atoms with Crippen molar-refractivity contribution in [2.45, 2.75) is 46.7 Å². The Hall–Kier alpha value is -1.20. The summed E-state index contributed by atoms with van der Waals surface area (Å²) < 4.78 is 0. The Bertz CT molecular complexity index is 440. The van der Waals surface area contributed by atoms with Gasteiger partial charge in [0.1, 0.15) is 11.6 Å². The lowest BCUT2D eigenvalue weighted by atomic mass is 10.2. The van der Waals surface area contributed by atoms with Crippen molar-refractivity contribution in [1.82, 2.24) is 19.8 Å². The monoisotopic (exact) mass is 291 g/mol. The molecule has 0 amide bonds. The highest BCUT2D eigenvalue weighted by molar-refractivity contribution is 5.35. The largest absolute Gasteiger partial charge is 0.370 e. The van der Waals surface area contributed by atoms with E-state index in [-0.39, 0.29) is 0 Å². The van der Waals surface area contributed by atoms with E-state index in [1.54, 1.807) is 0 Å². The summed E-state index contributed by atoms with van der Waals surface area (Å²) in [4.78, 5) is 14.2. The van der Waals surface area contributed by atoms with Crippen LogP contribution in [0.2, 0.25) is 0 Å². The summed E-state index contributed by atoms with van der Waals surface area (Å²) in [5.74, 6) is 1.88. The van der Waals surface area contributed by atoms with Crippen molar-refractivity contribution in [2.24, 2.45) is 0 Å². The second kappa shape index (κ2) is 7.71. The fourth-order valence-corrected chi connectivity index (χ4v) is 2.79. The van der Waals surface area contributed by atoms with Gasteiger partial charge in [0, 0.05) is 50.5 Å². The number of hydrogen-bond acceptors (Lipinski definition) is 5. The molecular weight excluding hydrogens is 262 g/mol. The molecule has 0 aliphatic carbocycles. The van der Waals surface area contributed by atoms with E-state index >= 15 is 0 Å². The predicted octanol–water partition coefficient (Wildman–Crippen LogP) is 2.13. The molecule has 5 heteroatoms. The number of nitrogens with one attached hydrogen (secondary N) is 1. The standard InChI is InChI=1S/C16H29N5/c1-5-14(4)21-9-7-20(8-10-21)12-16-18-13(3)11-15(19-16)17-6-2/h11,14H,5-10,12H2,1-4H3,(H,17,18,19). The second-order valence-corrected chi connectivity index (χ2v) is 5.91. The SMILES string of the molecule is CCNc1cc(C)nc(CN2CCN(C(C)CC)CC2)n1. The molecule has 1 N–H and O–H groups in total. The molecule has 1 unspecified atom stereocenters. The molecule has 118 valence electrons. The van der Waals surface area contributed by atoms with Gasteiger partial charge in [-0.05, 0) is 27.2 Å². The fraction of sp³-hybridized carbons (Fsp3) is 0.750. The molecule has 0 saturated carbocycles. The van der Waals surface area contributed by atoms with Crippen LogP contribution < -0.4 is 5.32 Å². The lowest BCUT2D eigenvalue weighted by molar-refractivity contribution is 0.0947. The molecule has 1 fully saturated rings. The van der Waals surface area contributed by atoms with Gasteiger partial charge in [0.15, 0.2) is 0 Å². The topological polar surface area (TPSA) is 44.3 Å². The van der Waals surface area contributed by atoms with Gasteiger partial charge in [-0.25, -0.2) is 9.97 Å². The minimum absolute atomic E-state index is 0.697.